The van der Waals surface area contributed by atoms with Crippen LogP contribution in [0.5, 0.6) is 0 Å². The lowest BCUT2D eigenvalue weighted by Gasteiger charge is -2.19. The van der Waals surface area contributed by atoms with Gasteiger partial charge in [-0.25, -0.2) is 15.0 Å². The Kier molecular flexibility index (Phi) is 6.67. The third-order valence-corrected chi connectivity index (χ3v) is 10.3. The molecule has 3 heterocycles. The van der Waals surface area contributed by atoms with Gasteiger partial charge in [-0.05, 0) is 72.9 Å². The van der Waals surface area contributed by atoms with E-state index in [0.29, 0.717) is 11.7 Å². The van der Waals surface area contributed by atoms with Gasteiger partial charge in [0.25, 0.3) is 0 Å². The number of allylic oxidation sites excluding steroid dienone is 8. The van der Waals surface area contributed by atoms with Crippen LogP contribution in [0.25, 0.3) is 77.3 Å². The van der Waals surface area contributed by atoms with Crippen LogP contribution in [0.15, 0.2) is 120 Å². The number of fused-ring (bicyclic) bond motifs is 7. The highest BCUT2D eigenvalue weighted by atomic mass is 16.3. The Morgan fingerprint density at radius 2 is 1.56 bits per heavy atom. The predicted octanol–water partition coefficient (Wildman–Crippen LogP) is 11.4. The van der Waals surface area contributed by atoms with E-state index in [1.165, 1.54) is 27.5 Å². The predicted molar refractivity (Wildman–Crippen MR) is 205 cm³/mol. The molecule has 0 radical (unpaired) electrons. The van der Waals surface area contributed by atoms with E-state index >= 15 is 0 Å². The molecule has 238 valence electrons. The minimum absolute atomic E-state index is 0.508. The van der Waals surface area contributed by atoms with Gasteiger partial charge in [0.05, 0.1) is 22.4 Å². The highest BCUT2D eigenvalue weighted by Crippen LogP contribution is 2.45. The minimum Gasteiger partial charge on any atom is -0.447 e. The van der Waals surface area contributed by atoms with Gasteiger partial charge < -0.3 is 4.42 Å². The van der Waals surface area contributed by atoms with E-state index in [-0.39, 0.29) is 0 Å². The van der Waals surface area contributed by atoms with Gasteiger partial charge in [0.1, 0.15) is 5.58 Å². The van der Waals surface area contributed by atoms with Gasteiger partial charge in [0, 0.05) is 55.6 Å². The summed E-state index contributed by atoms with van der Waals surface area (Å²) in [5, 5.41) is 5.66. The lowest BCUT2D eigenvalue weighted by atomic mass is 9.85. The maximum atomic E-state index is 6.58. The molecule has 3 aromatic heterocycles. The smallest absolute Gasteiger partial charge is 0.181 e. The monoisotopic (exact) mass is 643 g/mol. The molecular weight excluding hydrogens is 611 g/mol. The van der Waals surface area contributed by atoms with E-state index in [9.17, 15) is 0 Å². The van der Waals surface area contributed by atoms with Crippen molar-refractivity contribution in [2.75, 3.05) is 0 Å². The molecule has 4 aromatic carbocycles. The van der Waals surface area contributed by atoms with Crippen molar-refractivity contribution in [3.63, 3.8) is 0 Å². The number of benzene rings is 4. The summed E-state index contributed by atoms with van der Waals surface area (Å²) in [6.45, 7) is 2.27. The average Bonchev–Trinajstić information content (AvgIpc) is 3.55. The number of hydrogen-bond donors (Lipinski definition) is 0. The number of aryl methyl sites for hydroxylation is 1. The van der Waals surface area contributed by atoms with Crippen molar-refractivity contribution in [3.8, 4) is 34.5 Å². The molecule has 0 fully saturated rings. The maximum absolute atomic E-state index is 6.58. The number of pyridine rings is 1. The molecule has 50 heavy (non-hydrogen) atoms. The zero-order chi connectivity index (χ0) is 33.2. The van der Waals surface area contributed by atoms with Crippen molar-refractivity contribution in [1.82, 2.24) is 15.0 Å². The molecule has 0 N–H and O–H groups in total. The lowest BCUT2D eigenvalue weighted by Crippen LogP contribution is -2.00. The zero-order valence-corrected chi connectivity index (χ0v) is 27.8. The summed E-state index contributed by atoms with van der Waals surface area (Å²) in [5.74, 6) is 8.58. The topological polar surface area (TPSA) is 51.8 Å². The number of hydrogen-bond acceptors (Lipinski definition) is 4. The Labute approximate surface area is 290 Å². The van der Waals surface area contributed by atoms with Crippen LogP contribution in [0.4, 0.5) is 0 Å². The molecule has 0 saturated carbocycles. The molecule has 3 aliphatic rings. The fraction of sp³-hybridized carbons (Fsp3) is 0.152. The number of para-hydroxylation sites is 2. The highest BCUT2D eigenvalue weighted by molar-refractivity contribution is 6.22. The van der Waals surface area contributed by atoms with E-state index in [4.69, 9.17) is 19.4 Å². The fourth-order valence-corrected chi connectivity index (χ4v) is 7.86. The molecule has 0 amide bonds. The van der Waals surface area contributed by atoms with E-state index in [0.717, 1.165) is 98.7 Å². The number of aromatic nitrogens is 3. The molecule has 0 spiro atoms. The number of nitrogens with zero attached hydrogens (tertiary/aromatic N) is 3. The van der Waals surface area contributed by atoms with Gasteiger partial charge in [-0.1, -0.05) is 104 Å². The SMILES string of the molecule is CC1C=CC(c2c3c4c(oc3cc3c(-c5cccc(-c6nc(C7=CCCC=C7)c7ccccc7n6)c5)nc5ccccc5c23)C#CCC4)=CC1. The van der Waals surface area contributed by atoms with Crippen LogP contribution in [0, 0.1) is 17.8 Å². The normalized spacial score (nSPS) is 16.8. The molecule has 0 saturated heterocycles. The maximum Gasteiger partial charge on any atom is 0.181 e. The summed E-state index contributed by atoms with van der Waals surface area (Å²) in [4.78, 5) is 15.7. The third-order valence-electron chi connectivity index (χ3n) is 10.3. The summed E-state index contributed by atoms with van der Waals surface area (Å²) < 4.78 is 6.58. The second-order valence-corrected chi connectivity index (χ2v) is 13.6. The standard InChI is InChI=1S/C46H33N3O/c1-28-22-24-29(25-23-28)41-42-33-16-5-8-19-37(33)47-45(36(42)27-40-43(41)35-18-7-10-21-39(35)50-40)31-14-11-15-32(26-31)46-48-38-20-9-6-17-34(38)44(49-46)30-12-3-2-4-13-30/h3,5-6,8-9,11-17,19-20,22,24-28H,2,4,7,18,23H2,1H3. The molecular formula is C46H33N3O. The zero-order valence-electron chi connectivity index (χ0n) is 27.8. The van der Waals surface area contributed by atoms with Crippen LogP contribution in [0.1, 0.15) is 55.2 Å². The van der Waals surface area contributed by atoms with E-state index in [2.05, 4.69) is 128 Å². The van der Waals surface area contributed by atoms with Crippen LogP contribution >= 0.6 is 0 Å². The first kappa shape index (κ1) is 28.9. The van der Waals surface area contributed by atoms with Crippen LogP contribution in [0.2, 0.25) is 0 Å². The summed E-state index contributed by atoms with van der Waals surface area (Å²) in [7, 11) is 0. The quantitative estimate of drug-likeness (QED) is 0.141. The van der Waals surface area contributed by atoms with E-state index in [1.807, 2.05) is 6.07 Å². The van der Waals surface area contributed by atoms with Gasteiger partial charge in [0.2, 0.25) is 0 Å². The summed E-state index contributed by atoms with van der Waals surface area (Å²) in [6, 6.07) is 27.6. The molecule has 4 nitrogen and oxygen atoms in total. The van der Waals surface area contributed by atoms with Gasteiger partial charge in [0.15, 0.2) is 11.6 Å². The molecule has 4 heteroatoms. The first-order chi connectivity index (χ1) is 24.7. The lowest BCUT2D eigenvalue weighted by molar-refractivity contribution is 0.593. The first-order valence-electron chi connectivity index (χ1n) is 17.6. The molecule has 0 bridgehead atoms. The van der Waals surface area contributed by atoms with Crippen LogP contribution in [-0.4, -0.2) is 15.0 Å². The minimum atomic E-state index is 0.508. The van der Waals surface area contributed by atoms with Gasteiger partial charge in [-0.3, -0.25) is 0 Å². The van der Waals surface area contributed by atoms with Crippen molar-refractivity contribution >= 4 is 54.7 Å². The van der Waals surface area contributed by atoms with Crippen molar-refractivity contribution in [3.05, 3.63) is 138 Å². The second kappa shape index (κ2) is 11.5. The molecule has 1 unspecified atom stereocenters. The summed E-state index contributed by atoms with van der Waals surface area (Å²) in [5.41, 5.74) is 11.5. The van der Waals surface area contributed by atoms with Crippen LogP contribution in [0.3, 0.4) is 0 Å². The fourth-order valence-electron chi connectivity index (χ4n) is 7.86. The van der Waals surface area contributed by atoms with Gasteiger partial charge in [-0.2, -0.15) is 0 Å². The van der Waals surface area contributed by atoms with Crippen LogP contribution < -0.4 is 0 Å². The Bertz CT molecular complexity index is 2760. The summed E-state index contributed by atoms with van der Waals surface area (Å²) >= 11 is 0. The Balaban J connectivity index is 1.25. The van der Waals surface area contributed by atoms with Gasteiger partial charge >= 0.3 is 0 Å². The van der Waals surface area contributed by atoms with Crippen molar-refractivity contribution in [2.45, 2.75) is 39.0 Å². The average molecular weight is 644 g/mol. The molecule has 1 atom stereocenters. The van der Waals surface area contributed by atoms with Crippen molar-refractivity contribution < 1.29 is 4.42 Å². The molecule has 7 aromatic rings. The first-order valence-corrected chi connectivity index (χ1v) is 17.6. The third kappa shape index (κ3) is 4.65. The van der Waals surface area contributed by atoms with E-state index in [1.54, 1.807) is 0 Å². The molecule has 0 aliphatic heterocycles. The van der Waals surface area contributed by atoms with Crippen molar-refractivity contribution in [1.29, 1.82) is 0 Å². The Morgan fingerprint density at radius 3 is 2.40 bits per heavy atom. The largest absolute Gasteiger partial charge is 0.447 e. The van der Waals surface area contributed by atoms with Crippen LogP contribution in [-0.2, 0) is 6.42 Å². The Morgan fingerprint density at radius 1 is 0.720 bits per heavy atom. The van der Waals surface area contributed by atoms with Crippen molar-refractivity contribution in [2.24, 2.45) is 5.92 Å². The Hall–Kier alpha value is -6.05. The van der Waals surface area contributed by atoms with E-state index < -0.39 is 0 Å². The molecule has 3 aliphatic carbocycles. The number of furan rings is 1. The van der Waals surface area contributed by atoms with Gasteiger partial charge in [-0.15, -0.1) is 0 Å². The highest BCUT2D eigenvalue weighted by Gasteiger charge is 2.25. The second-order valence-electron chi connectivity index (χ2n) is 13.6. The summed E-state index contributed by atoms with van der Waals surface area (Å²) in [6.07, 6.45) is 18.5. The number of rotatable bonds is 4. The molecule has 10 rings (SSSR count).